The van der Waals surface area contributed by atoms with E-state index in [1.54, 1.807) is 6.08 Å². The Morgan fingerprint density at radius 3 is 2.62 bits per heavy atom. The summed E-state index contributed by atoms with van der Waals surface area (Å²) in [5.74, 6) is 0. The minimum Gasteiger partial charge on any atom is -0.193 e. The van der Waals surface area contributed by atoms with Crippen molar-refractivity contribution in [3.63, 3.8) is 0 Å². The summed E-state index contributed by atoms with van der Waals surface area (Å²) in [6.07, 6.45) is 3.29. The molecule has 0 spiro atoms. The lowest BCUT2D eigenvalue weighted by molar-refractivity contribution is 1.53. The largest absolute Gasteiger partial charge is 0.193 e. The van der Waals surface area contributed by atoms with Gasteiger partial charge in [0, 0.05) is 6.08 Å². The second-order valence-corrected chi connectivity index (χ2v) is 3.38. The lowest BCUT2D eigenvalue weighted by Gasteiger charge is -2.01. The summed E-state index contributed by atoms with van der Waals surface area (Å²) in [4.78, 5) is 0. The van der Waals surface area contributed by atoms with Crippen molar-refractivity contribution in [2.24, 2.45) is 0 Å². The zero-order valence-corrected chi connectivity index (χ0v) is 8.72. The van der Waals surface area contributed by atoms with Gasteiger partial charge in [-0.1, -0.05) is 42.5 Å². The first-order chi connectivity index (χ1) is 7.90. The van der Waals surface area contributed by atoms with E-state index in [-0.39, 0.29) is 0 Å². The fourth-order valence-corrected chi connectivity index (χ4v) is 1.53. The van der Waals surface area contributed by atoms with Crippen molar-refractivity contribution in [2.75, 3.05) is 0 Å². The van der Waals surface area contributed by atoms with E-state index in [2.05, 4.69) is 18.2 Å². The van der Waals surface area contributed by atoms with Gasteiger partial charge in [-0.15, -0.1) is 0 Å². The molecule has 0 aliphatic carbocycles. The summed E-state index contributed by atoms with van der Waals surface area (Å²) < 4.78 is 0. The summed E-state index contributed by atoms with van der Waals surface area (Å²) in [5.41, 5.74) is 3.34. The van der Waals surface area contributed by atoms with Crippen LogP contribution in [0.4, 0.5) is 0 Å². The Labute approximate surface area is 95.3 Å². The Hall–Kier alpha value is -2.33. The predicted octanol–water partition coefficient (Wildman–Crippen LogP) is 3.69. The van der Waals surface area contributed by atoms with Gasteiger partial charge in [-0.25, -0.2) is 0 Å². The number of hydrogen-bond donors (Lipinski definition) is 0. The van der Waals surface area contributed by atoms with Crippen molar-refractivity contribution in [3.8, 4) is 17.2 Å². The predicted molar refractivity (Wildman–Crippen MR) is 65.4 cm³/mol. The normalized spacial score (nSPS) is 10.2. The van der Waals surface area contributed by atoms with Crippen molar-refractivity contribution >= 4 is 6.08 Å². The molecule has 1 nitrogen and oxygen atoms in total. The van der Waals surface area contributed by atoms with Crippen LogP contribution >= 0.6 is 0 Å². The van der Waals surface area contributed by atoms with Gasteiger partial charge in [0.2, 0.25) is 0 Å². The minimum absolute atomic E-state index is 1.03. The third-order valence-electron chi connectivity index (χ3n) is 2.29. The van der Waals surface area contributed by atoms with E-state index in [9.17, 15) is 0 Å². The third kappa shape index (κ3) is 2.37. The highest BCUT2D eigenvalue weighted by atomic mass is 14.2. The summed E-state index contributed by atoms with van der Waals surface area (Å²) in [6, 6.07) is 20.9. The molecular formula is C15H10N. The van der Waals surface area contributed by atoms with Gasteiger partial charge >= 0.3 is 0 Å². The Morgan fingerprint density at radius 2 is 1.88 bits per heavy atom. The number of rotatable bonds is 2. The molecule has 1 heteroatoms. The van der Waals surface area contributed by atoms with Crippen LogP contribution in [0.15, 0.2) is 54.6 Å². The van der Waals surface area contributed by atoms with Gasteiger partial charge in [-0.2, -0.15) is 5.26 Å². The highest BCUT2D eigenvalue weighted by Gasteiger charge is 1.96. The van der Waals surface area contributed by atoms with E-state index < -0.39 is 0 Å². The van der Waals surface area contributed by atoms with E-state index in [0.717, 1.165) is 16.7 Å². The summed E-state index contributed by atoms with van der Waals surface area (Å²) in [7, 11) is 0. The molecule has 0 aromatic heterocycles. The molecule has 0 unspecified atom stereocenters. The summed E-state index contributed by atoms with van der Waals surface area (Å²) in [5, 5.41) is 8.47. The lowest BCUT2D eigenvalue weighted by Crippen LogP contribution is -1.78. The quantitative estimate of drug-likeness (QED) is 0.684. The average molecular weight is 204 g/mol. The van der Waals surface area contributed by atoms with E-state index in [4.69, 9.17) is 5.26 Å². The molecule has 0 saturated heterocycles. The number of nitrogens with zero attached hydrogens (tertiary/aromatic N) is 1. The Kier molecular flexibility index (Phi) is 3.15. The van der Waals surface area contributed by atoms with Crippen LogP contribution in [0.2, 0.25) is 0 Å². The lowest BCUT2D eigenvalue weighted by atomic mass is 10.0. The molecule has 1 radical (unpaired) electrons. The molecule has 0 saturated carbocycles. The first kappa shape index (κ1) is 10.2. The van der Waals surface area contributed by atoms with Gasteiger partial charge in [0.25, 0.3) is 0 Å². The van der Waals surface area contributed by atoms with Crippen LogP contribution in [0, 0.1) is 17.4 Å². The monoisotopic (exact) mass is 204 g/mol. The maximum atomic E-state index is 8.47. The fourth-order valence-electron chi connectivity index (χ4n) is 1.53. The summed E-state index contributed by atoms with van der Waals surface area (Å²) >= 11 is 0. The van der Waals surface area contributed by atoms with Crippen LogP contribution in [-0.2, 0) is 0 Å². The van der Waals surface area contributed by atoms with Crippen molar-refractivity contribution in [1.29, 1.82) is 5.26 Å². The molecule has 0 fully saturated rings. The van der Waals surface area contributed by atoms with Crippen LogP contribution < -0.4 is 0 Å². The van der Waals surface area contributed by atoms with Crippen LogP contribution in [0.5, 0.6) is 0 Å². The standard InChI is InChI=1S/C15H10N/c16-11-5-7-13-6-4-10-15(12-13)14-8-2-1-3-9-14/h2-10,12H. The van der Waals surface area contributed by atoms with Crippen LogP contribution in [0.3, 0.4) is 0 Å². The third-order valence-corrected chi connectivity index (χ3v) is 2.29. The molecule has 75 valence electrons. The van der Waals surface area contributed by atoms with Crippen LogP contribution in [-0.4, -0.2) is 0 Å². The maximum Gasteiger partial charge on any atom is 0.0912 e. The number of hydrogen-bond acceptors (Lipinski definition) is 1. The van der Waals surface area contributed by atoms with E-state index in [0.29, 0.717) is 0 Å². The molecule has 2 rings (SSSR count). The van der Waals surface area contributed by atoms with Gasteiger partial charge in [0.05, 0.1) is 6.07 Å². The second-order valence-electron chi connectivity index (χ2n) is 3.38. The molecule has 2 aromatic rings. The molecule has 0 aliphatic rings. The van der Waals surface area contributed by atoms with Crippen molar-refractivity contribution in [3.05, 3.63) is 66.2 Å². The van der Waals surface area contributed by atoms with Gasteiger partial charge in [0.1, 0.15) is 0 Å². The topological polar surface area (TPSA) is 23.8 Å². The number of benzene rings is 2. The zero-order chi connectivity index (χ0) is 11.2. The van der Waals surface area contributed by atoms with E-state index in [1.165, 1.54) is 6.08 Å². The highest BCUT2D eigenvalue weighted by Crippen LogP contribution is 2.20. The van der Waals surface area contributed by atoms with Crippen molar-refractivity contribution in [1.82, 2.24) is 0 Å². The maximum absolute atomic E-state index is 8.47. The molecule has 0 aliphatic heterocycles. The van der Waals surface area contributed by atoms with E-state index >= 15 is 0 Å². The SMILES string of the molecule is N#CC=Cc1cccc(-c2cc[c]cc2)c1. The minimum atomic E-state index is 1.03. The second kappa shape index (κ2) is 4.95. The van der Waals surface area contributed by atoms with Gasteiger partial charge in [-0.3, -0.25) is 0 Å². The molecule has 0 atom stereocenters. The van der Waals surface area contributed by atoms with Crippen molar-refractivity contribution < 1.29 is 0 Å². The molecule has 0 bridgehead atoms. The molecule has 0 amide bonds. The first-order valence-corrected chi connectivity index (χ1v) is 5.03. The molecular weight excluding hydrogens is 194 g/mol. The average Bonchev–Trinajstić information content (AvgIpc) is 2.38. The van der Waals surface area contributed by atoms with Crippen molar-refractivity contribution in [2.45, 2.75) is 0 Å². The zero-order valence-electron chi connectivity index (χ0n) is 8.72. The number of nitriles is 1. The molecule has 2 aromatic carbocycles. The van der Waals surface area contributed by atoms with Gasteiger partial charge in [-0.05, 0) is 34.9 Å². The smallest absolute Gasteiger partial charge is 0.0912 e. The highest BCUT2D eigenvalue weighted by molar-refractivity contribution is 5.67. The van der Waals surface area contributed by atoms with Gasteiger partial charge < -0.3 is 0 Å². The summed E-state index contributed by atoms with van der Waals surface area (Å²) in [6.45, 7) is 0. The Bertz CT molecular complexity index is 533. The first-order valence-electron chi connectivity index (χ1n) is 5.03. The Balaban J connectivity index is 2.37. The van der Waals surface area contributed by atoms with E-state index in [1.807, 2.05) is 42.5 Å². The molecule has 0 N–H and O–H groups in total. The van der Waals surface area contributed by atoms with Gasteiger partial charge in [0.15, 0.2) is 0 Å². The van der Waals surface area contributed by atoms with Crippen LogP contribution in [0.25, 0.3) is 17.2 Å². The molecule has 16 heavy (non-hydrogen) atoms. The molecule has 0 heterocycles. The fraction of sp³-hybridized carbons (Fsp3) is 0. The van der Waals surface area contributed by atoms with Crippen LogP contribution in [0.1, 0.15) is 5.56 Å². The number of allylic oxidation sites excluding steroid dienone is 1. The Morgan fingerprint density at radius 1 is 1.06 bits per heavy atom.